The van der Waals surface area contributed by atoms with Crippen LogP contribution in [0.3, 0.4) is 0 Å². The van der Waals surface area contributed by atoms with Crippen molar-refractivity contribution >= 4 is 11.6 Å². The first-order valence-corrected chi connectivity index (χ1v) is 2.12. The van der Waals surface area contributed by atoms with Gasteiger partial charge in [0.05, 0.1) is 6.42 Å². The number of Topliss-reactive ketones (excluding diaryl/α,β-unsaturated/α-hetero) is 2. The fourth-order valence-corrected chi connectivity index (χ4v) is 0.351. The van der Waals surface area contributed by atoms with Crippen molar-refractivity contribution in [1.29, 1.82) is 0 Å². The molecule has 0 aliphatic rings. The molecular weight excluding hydrogens is 188 g/mol. The zero-order valence-corrected chi connectivity index (χ0v) is 6.94. The molecule has 0 aliphatic carbocycles. The van der Waals surface area contributed by atoms with E-state index in [0.717, 1.165) is 0 Å². The molecule has 0 spiro atoms. The molecule has 46 valence electrons. The quantitative estimate of drug-likeness (QED) is 0.477. The van der Waals surface area contributed by atoms with Gasteiger partial charge in [-0.3, -0.25) is 9.59 Å². The molecule has 0 fully saturated rings. The van der Waals surface area contributed by atoms with E-state index in [1.807, 2.05) is 0 Å². The summed E-state index contributed by atoms with van der Waals surface area (Å²) in [5, 5.41) is 0. The smallest absolute Gasteiger partial charge is 0.137 e. The van der Waals surface area contributed by atoms with Gasteiger partial charge in [0, 0.05) is 21.1 Å². The van der Waals surface area contributed by atoms with E-state index in [1.165, 1.54) is 13.8 Å². The molecule has 0 bridgehead atoms. The minimum Gasteiger partial charge on any atom is -0.300 e. The first-order chi connectivity index (χ1) is 3.13. The van der Waals surface area contributed by atoms with E-state index in [2.05, 4.69) is 0 Å². The Balaban J connectivity index is 0. The van der Waals surface area contributed by atoms with E-state index in [4.69, 9.17) is 0 Å². The van der Waals surface area contributed by atoms with Crippen molar-refractivity contribution in [3.05, 3.63) is 0 Å². The largest absolute Gasteiger partial charge is 0.300 e. The number of rotatable bonds is 2. The van der Waals surface area contributed by atoms with E-state index in [-0.39, 0.29) is 39.1 Å². The van der Waals surface area contributed by atoms with Crippen molar-refractivity contribution in [3.63, 3.8) is 0 Å². The summed E-state index contributed by atoms with van der Waals surface area (Å²) < 4.78 is 0. The molecule has 0 aromatic rings. The van der Waals surface area contributed by atoms with Crippen molar-refractivity contribution < 1.29 is 30.7 Å². The minimum absolute atomic E-state index is 0. The van der Waals surface area contributed by atoms with E-state index in [1.54, 1.807) is 0 Å². The Morgan fingerprint density at radius 1 is 1.12 bits per heavy atom. The van der Waals surface area contributed by atoms with Gasteiger partial charge in [-0.25, -0.2) is 0 Å². The molecule has 0 unspecified atom stereocenters. The molecule has 3 heteroatoms. The Bertz CT molecular complexity index is 86.6. The molecule has 8 heavy (non-hydrogen) atoms. The van der Waals surface area contributed by atoms with Crippen LogP contribution in [0, 0.1) is 0 Å². The summed E-state index contributed by atoms with van der Waals surface area (Å²) in [6.07, 6.45) is 0.0833. The Kier molecular flexibility index (Phi) is 7.05. The van der Waals surface area contributed by atoms with Crippen LogP contribution in [0.5, 0.6) is 0 Å². The van der Waals surface area contributed by atoms with Gasteiger partial charge in [-0.2, -0.15) is 0 Å². The molecule has 2 nitrogen and oxygen atoms in total. The van der Waals surface area contributed by atoms with Crippen LogP contribution in [0.15, 0.2) is 0 Å². The molecule has 0 saturated heterocycles. The predicted octanol–water partition coefficient (Wildman–Crippen LogP) is 0.552. The number of ketones is 2. The summed E-state index contributed by atoms with van der Waals surface area (Å²) in [7, 11) is 0. The van der Waals surface area contributed by atoms with Crippen LogP contribution in [-0.4, -0.2) is 11.6 Å². The number of hydrogen-bond acceptors (Lipinski definition) is 2. The van der Waals surface area contributed by atoms with Gasteiger partial charge in [-0.15, -0.1) is 0 Å². The predicted molar refractivity (Wildman–Crippen MR) is 26.0 cm³/mol. The minimum atomic E-state index is -0.0625. The first kappa shape index (κ1) is 10.9. The maximum Gasteiger partial charge on any atom is 0.137 e. The third-order valence-corrected chi connectivity index (χ3v) is 0.498. The molecule has 0 N–H and O–H groups in total. The van der Waals surface area contributed by atoms with Gasteiger partial charge in [0.2, 0.25) is 0 Å². The van der Waals surface area contributed by atoms with E-state index in [9.17, 15) is 9.59 Å². The van der Waals surface area contributed by atoms with Crippen LogP contribution in [0.4, 0.5) is 0 Å². The summed E-state index contributed by atoms with van der Waals surface area (Å²) in [6, 6.07) is 0. The van der Waals surface area contributed by atoms with Crippen molar-refractivity contribution in [3.8, 4) is 0 Å². The molecule has 0 saturated carbocycles. The van der Waals surface area contributed by atoms with Crippen molar-refractivity contribution in [2.75, 3.05) is 0 Å². The molecule has 0 atom stereocenters. The van der Waals surface area contributed by atoms with E-state index in [0.29, 0.717) is 0 Å². The number of hydrogen-bond donors (Lipinski definition) is 0. The molecule has 0 amide bonds. The van der Waals surface area contributed by atoms with Crippen molar-refractivity contribution in [1.82, 2.24) is 0 Å². The van der Waals surface area contributed by atoms with Gasteiger partial charge >= 0.3 is 0 Å². The molecule has 0 heterocycles. The Morgan fingerprint density at radius 2 is 1.38 bits per heavy atom. The maximum absolute atomic E-state index is 10.0. The van der Waals surface area contributed by atoms with Gasteiger partial charge in [-0.1, -0.05) is 0 Å². The Hall–Kier alpha value is 0.0283. The fraction of sp³-hybridized carbons (Fsp3) is 0.600. The Labute approximate surface area is 62.9 Å². The normalized spacial score (nSPS) is 7.25. The van der Waals surface area contributed by atoms with Gasteiger partial charge in [0.25, 0.3) is 0 Å². The third kappa shape index (κ3) is 9.39. The zero-order valence-electron chi connectivity index (χ0n) is 4.93. The summed E-state index contributed by atoms with van der Waals surface area (Å²) in [5.74, 6) is -0.125. The molecule has 0 rings (SSSR count). The molecule has 0 aromatic heterocycles. The second-order valence-electron chi connectivity index (χ2n) is 1.58. The number of carbonyl (C=O) groups excluding carboxylic acids is 2. The number of carbonyl (C=O) groups is 2. The molecular formula is C5H8MoO2. The molecule has 0 radical (unpaired) electrons. The topological polar surface area (TPSA) is 34.1 Å². The average molecular weight is 196 g/mol. The van der Waals surface area contributed by atoms with Gasteiger partial charge in [0.1, 0.15) is 11.6 Å². The molecule has 0 aromatic carbocycles. The van der Waals surface area contributed by atoms with Crippen molar-refractivity contribution in [2.24, 2.45) is 0 Å². The summed E-state index contributed by atoms with van der Waals surface area (Å²) in [4.78, 5) is 20.1. The van der Waals surface area contributed by atoms with Crippen LogP contribution >= 0.6 is 0 Å². The second-order valence-corrected chi connectivity index (χ2v) is 1.58. The standard InChI is InChI=1S/C5H8O2.Mo/c1-4(6)3-5(2)7;/h3H2,1-2H3;. The van der Waals surface area contributed by atoms with Crippen molar-refractivity contribution in [2.45, 2.75) is 20.3 Å². The summed E-state index contributed by atoms with van der Waals surface area (Å²) >= 11 is 0. The maximum atomic E-state index is 10.0. The van der Waals surface area contributed by atoms with Gasteiger partial charge in [0.15, 0.2) is 0 Å². The van der Waals surface area contributed by atoms with Crippen LogP contribution in [-0.2, 0) is 30.7 Å². The SMILES string of the molecule is CC(=O)CC(C)=O.[Mo]. The first-order valence-electron chi connectivity index (χ1n) is 2.12. The van der Waals surface area contributed by atoms with E-state index < -0.39 is 0 Å². The fourth-order valence-electron chi connectivity index (χ4n) is 0.351. The van der Waals surface area contributed by atoms with Crippen LogP contribution < -0.4 is 0 Å². The molecule has 0 aliphatic heterocycles. The summed E-state index contributed by atoms with van der Waals surface area (Å²) in [5.41, 5.74) is 0. The van der Waals surface area contributed by atoms with Crippen LogP contribution in [0.1, 0.15) is 20.3 Å². The Morgan fingerprint density at radius 3 is 1.38 bits per heavy atom. The zero-order chi connectivity index (χ0) is 5.86. The summed E-state index contributed by atoms with van der Waals surface area (Å²) in [6.45, 7) is 2.81. The second kappa shape index (κ2) is 5.17. The van der Waals surface area contributed by atoms with Crippen LogP contribution in [0.2, 0.25) is 0 Å². The third-order valence-electron chi connectivity index (χ3n) is 0.498. The van der Waals surface area contributed by atoms with Crippen LogP contribution in [0.25, 0.3) is 0 Å². The van der Waals surface area contributed by atoms with Gasteiger partial charge < -0.3 is 0 Å². The average Bonchev–Trinajstić information content (AvgIpc) is 1.27. The monoisotopic (exact) mass is 198 g/mol. The van der Waals surface area contributed by atoms with E-state index >= 15 is 0 Å². The van der Waals surface area contributed by atoms with Gasteiger partial charge in [-0.05, 0) is 13.8 Å².